The number of nitrogens with two attached hydrogens (primary N) is 1. The van der Waals surface area contributed by atoms with Gasteiger partial charge in [0.2, 0.25) is 0 Å². The van der Waals surface area contributed by atoms with E-state index in [0.29, 0.717) is 0 Å². The fourth-order valence-corrected chi connectivity index (χ4v) is 3.20. The van der Waals surface area contributed by atoms with Crippen molar-refractivity contribution in [2.75, 3.05) is 0 Å². The molecule has 96 valence electrons. The number of pyridine rings is 1. The second-order valence-electron chi connectivity index (χ2n) is 4.82. The van der Waals surface area contributed by atoms with Gasteiger partial charge < -0.3 is 5.73 Å². The van der Waals surface area contributed by atoms with Gasteiger partial charge in [0.05, 0.1) is 0 Å². The Labute approximate surface area is 116 Å². The molecule has 0 spiro atoms. The van der Waals surface area contributed by atoms with E-state index in [9.17, 15) is 0 Å². The number of aryl methyl sites for hydroxylation is 1. The molecule has 3 heteroatoms. The number of rotatable bonds is 3. The van der Waals surface area contributed by atoms with Crippen molar-refractivity contribution in [3.05, 3.63) is 64.8 Å². The third-order valence-electron chi connectivity index (χ3n) is 3.21. The summed E-state index contributed by atoms with van der Waals surface area (Å²) < 4.78 is 1.30. The molecule has 0 aliphatic rings. The van der Waals surface area contributed by atoms with Crippen molar-refractivity contribution in [3.63, 3.8) is 0 Å². The molecule has 0 fully saturated rings. The summed E-state index contributed by atoms with van der Waals surface area (Å²) in [5.74, 6) is 0. The summed E-state index contributed by atoms with van der Waals surface area (Å²) in [6, 6.07) is 14.8. The van der Waals surface area contributed by atoms with E-state index < -0.39 is 0 Å². The predicted molar refractivity (Wildman–Crippen MR) is 81.4 cm³/mol. The van der Waals surface area contributed by atoms with Gasteiger partial charge in [0.1, 0.15) is 0 Å². The van der Waals surface area contributed by atoms with Crippen molar-refractivity contribution >= 4 is 21.4 Å². The second-order valence-corrected chi connectivity index (χ2v) is 5.94. The lowest BCUT2D eigenvalue weighted by Gasteiger charge is -2.08. The highest BCUT2D eigenvalue weighted by molar-refractivity contribution is 7.19. The largest absolute Gasteiger partial charge is 0.323 e. The first-order valence-corrected chi connectivity index (χ1v) is 7.19. The van der Waals surface area contributed by atoms with E-state index in [4.69, 9.17) is 5.73 Å². The van der Waals surface area contributed by atoms with Gasteiger partial charge >= 0.3 is 0 Å². The highest BCUT2D eigenvalue weighted by atomic mass is 32.1. The Morgan fingerprint density at radius 2 is 2.05 bits per heavy atom. The Bertz CT molecular complexity index is 652. The van der Waals surface area contributed by atoms with Gasteiger partial charge in [-0.25, -0.2) is 0 Å². The van der Waals surface area contributed by atoms with Gasteiger partial charge in [-0.15, -0.1) is 11.3 Å². The van der Waals surface area contributed by atoms with Crippen LogP contribution in [0.15, 0.2) is 48.7 Å². The van der Waals surface area contributed by atoms with E-state index in [0.717, 1.165) is 12.1 Å². The molecule has 2 heterocycles. The van der Waals surface area contributed by atoms with Crippen molar-refractivity contribution in [1.82, 2.24) is 4.98 Å². The van der Waals surface area contributed by atoms with Crippen molar-refractivity contribution in [3.8, 4) is 0 Å². The molecule has 3 aromatic rings. The molecule has 0 aliphatic carbocycles. The first-order chi connectivity index (χ1) is 9.22. The summed E-state index contributed by atoms with van der Waals surface area (Å²) in [5.41, 5.74) is 8.53. The number of benzene rings is 1. The maximum Gasteiger partial charge on any atom is 0.0446 e. The van der Waals surface area contributed by atoms with E-state index in [1.165, 1.54) is 20.5 Å². The molecule has 2 nitrogen and oxygen atoms in total. The van der Waals surface area contributed by atoms with Crippen LogP contribution in [-0.2, 0) is 6.42 Å². The van der Waals surface area contributed by atoms with Gasteiger partial charge in [-0.2, -0.15) is 0 Å². The van der Waals surface area contributed by atoms with Crippen LogP contribution in [0, 0.1) is 6.92 Å². The molecular formula is C16H16N2S. The van der Waals surface area contributed by atoms with Gasteiger partial charge in [-0.1, -0.05) is 24.3 Å². The van der Waals surface area contributed by atoms with Crippen LogP contribution in [0.25, 0.3) is 10.1 Å². The fraction of sp³-hybridized carbons (Fsp3) is 0.188. The molecule has 1 aromatic carbocycles. The number of aromatic nitrogens is 1. The number of nitrogens with zero attached hydrogens (tertiary/aromatic N) is 1. The average Bonchev–Trinajstić information content (AvgIpc) is 2.85. The molecule has 2 aromatic heterocycles. The zero-order valence-electron chi connectivity index (χ0n) is 10.8. The number of hydrogen-bond donors (Lipinski definition) is 1. The Kier molecular flexibility index (Phi) is 3.32. The summed E-state index contributed by atoms with van der Waals surface area (Å²) >= 11 is 1.77. The standard InChI is InChI=1S/C16H16N2S/c1-11-6-7-13(18-10-11)9-14(17)16-8-12-4-2-3-5-15(12)19-16/h2-8,10,14H,9,17H2,1H3. The molecule has 19 heavy (non-hydrogen) atoms. The molecule has 0 saturated carbocycles. The lowest BCUT2D eigenvalue weighted by molar-refractivity contribution is 0.720. The van der Waals surface area contributed by atoms with Gasteiger partial charge in [-0.05, 0) is 36.1 Å². The summed E-state index contributed by atoms with van der Waals surface area (Å²) in [4.78, 5) is 5.65. The molecule has 3 rings (SSSR count). The highest BCUT2D eigenvalue weighted by Gasteiger charge is 2.11. The number of fused-ring (bicyclic) bond motifs is 1. The minimum atomic E-state index is 0.0209. The van der Waals surface area contributed by atoms with Crippen LogP contribution in [0.4, 0.5) is 0 Å². The SMILES string of the molecule is Cc1ccc(CC(N)c2cc3ccccc3s2)nc1. The molecular weight excluding hydrogens is 252 g/mol. The molecule has 0 aliphatic heterocycles. The van der Waals surface area contributed by atoms with Crippen LogP contribution in [0.1, 0.15) is 22.2 Å². The average molecular weight is 268 g/mol. The van der Waals surface area contributed by atoms with E-state index in [2.05, 4.69) is 47.4 Å². The highest BCUT2D eigenvalue weighted by Crippen LogP contribution is 2.29. The van der Waals surface area contributed by atoms with Gasteiger partial charge in [0.15, 0.2) is 0 Å². The molecule has 0 saturated heterocycles. The zero-order valence-corrected chi connectivity index (χ0v) is 11.7. The van der Waals surface area contributed by atoms with Crippen LogP contribution < -0.4 is 5.73 Å². The van der Waals surface area contributed by atoms with E-state index in [1.54, 1.807) is 11.3 Å². The topological polar surface area (TPSA) is 38.9 Å². The normalized spacial score (nSPS) is 12.7. The Hall–Kier alpha value is -1.71. The van der Waals surface area contributed by atoms with Gasteiger partial charge in [-0.3, -0.25) is 4.98 Å². The Morgan fingerprint density at radius 1 is 1.21 bits per heavy atom. The Morgan fingerprint density at radius 3 is 2.79 bits per heavy atom. The van der Waals surface area contributed by atoms with E-state index >= 15 is 0 Å². The zero-order chi connectivity index (χ0) is 13.2. The molecule has 0 amide bonds. The van der Waals surface area contributed by atoms with Crippen molar-refractivity contribution in [2.45, 2.75) is 19.4 Å². The minimum absolute atomic E-state index is 0.0209. The van der Waals surface area contributed by atoms with Crippen LogP contribution >= 0.6 is 11.3 Å². The van der Waals surface area contributed by atoms with Crippen molar-refractivity contribution in [1.29, 1.82) is 0 Å². The molecule has 2 N–H and O–H groups in total. The minimum Gasteiger partial charge on any atom is -0.323 e. The number of hydrogen-bond acceptors (Lipinski definition) is 3. The molecule has 0 bridgehead atoms. The first-order valence-electron chi connectivity index (χ1n) is 6.38. The maximum atomic E-state index is 6.30. The van der Waals surface area contributed by atoms with Crippen LogP contribution in [0.2, 0.25) is 0 Å². The molecule has 1 unspecified atom stereocenters. The monoisotopic (exact) mass is 268 g/mol. The van der Waals surface area contributed by atoms with Crippen LogP contribution in [-0.4, -0.2) is 4.98 Å². The summed E-state index contributed by atoms with van der Waals surface area (Å²) in [5, 5.41) is 1.27. The van der Waals surface area contributed by atoms with Gasteiger partial charge in [0.25, 0.3) is 0 Å². The van der Waals surface area contributed by atoms with Crippen molar-refractivity contribution < 1.29 is 0 Å². The fourth-order valence-electron chi connectivity index (χ4n) is 2.13. The van der Waals surface area contributed by atoms with E-state index in [1.807, 2.05) is 13.1 Å². The molecule has 0 radical (unpaired) electrons. The summed E-state index contributed by atoms with van der Waals surface area (Å²) in [7, 11) is 0. The second kappa shape index (κ2) is 5.11. The summed E-state index contributed by atoms with van der Waals surface area (Å²) in [6.45, 7) is 2.04. The number of thiophene rings is 1. The quantitative estimate of drug-likeness (QED) is 0.783. The molecule has 1 atom stereocenters. The lowest BCUT2D eigenvalue weighted by atomic mass is 10.1. The van der Waals surface area contributed by atoms with Crippen LogP contribution in [0.5, 0.6) is 0 Å². The van der Waals surface area contributed by atoms with Gasteiger partial charge in [0, 0.05) is 33.9 Å². The van der Waals surface area contributed by atoms with E-state index in [-0.39, 0.29) is 6.04 Å². The predicted octanol–water partition coefficient (Wildman–Crippen LogP) is 3.85. The van der Waals surface area contributed by atoms with Crippen LogP contribution in [0.3, 0.4) is 0 Å². The third-order valence-corrected chi connectivity index (χ3v) is 4.46. The smallest absolute Gasteiger partial charge is 0.0446 e. The summed E-state index contributed by atoms with van der Waals surface area (Å²) in [6.07, 6.45) is 2.68. The first kappa shape index (κ1) is 12.3. The maximum absolute atomic E-state index is 6.30. The van der Waals surface area contributed by atoms with Crippen molar-refractivity contribution in [2.24, 2.45) is 5.73 Å². The Balaban J connectivity index is 1.83. The third kappa shape index (κ3) is 2.67. The lowest BCUT2D eigenvalue weighted by Crippen LogP contribution is -2.12.